The fourth-order valence-corrected chi connectivity index (χ4v) is 1.93. The van der Waals surface area contributed by atoms with Crippen LogP contribution in [0.5, 0.6) is 0 Å². The lowest BCUT2D eigenvalue weighted by Gasteiger charge is -2.10. The van der Waals surface area contributed by atoms with Crippen molar-refractivity contribution < 1.29 is 0 Å². The van der Waals surface area contributed by atoms with Crippen LogP contribution in [0.15, 0.2) is 36.7 Å². The predicted molar refractivity (Wildman–Crippen MR) is 70.9 cm³/mol. The van der Waals surface area contributed by atoms with E-state index in [0.717, 1.165) is 30.8 Å². The normalized spacial score (nSPS) is 10.4. The molecule has 4 nitrogen and oxygen atoms in total. The van der Waals surface area contributed by atoms with Crippen molar-refractivity contribution in [3.63, 3.8) is 0 Å². The Labute approximate surface area is 101 Å². The summed E-state index contributed by atoms with van der Waals surface area (Å²) < 4.78 is 1.95. The minimum atomic E-state index is 0.818. The van der Waals surface area contributed by atoms with Crippen molar-refractivity contribution in [1.29, 1.82) is 0 Å². The molecule has 0 fully saturated rings. The number of rotatable bonds is 5. The minimum absolute atomic E-state index is 0.818. The Balaban J connectivity index is 1.96. The zero-order valence-corrected chi connectivity index (χ0v) is 10.1. The van der Waals surface area contributed by atoms with Gasteiger partial charge in [-0.1, -0.05) is 0 Å². The van der Waals surface area contributed by atoms with E-state index in [-0.39, 0.29) is 0 Å². The largest absolute Gasteiger partial charge is 0.399 e. The van der Waals surface area contributed by atoms with Crippen LogP contribution in [0.1, 0.15) is 12.0 Å². The van der Waals surface area contributed by atoms with Crippen LogP contribution >= 0.6 is 0 Å². The molecule has 0 atom stereocenters. The van der Waals surface area contributed by atoms with Crippen molar-refractivity contribution in [3.05, 3.63) is 42.2 Å². The third kappa shape index (κ3) is 3.00. The Bertz CT molecular complexity index is 462. The highest BCUT2D eigenvalue weighted by Crippen LogP contribution is 2.20. The highest BCUT2D eigenvalue weighted by molar-refractivity contribution is 5.57. The fourth-order valence-electron chi connectivity index (χ4n) is 1.93. The summed E-state index contributed by atoms with van der Waals surface area (Å²) in [6.45, 7) is 0.935. The summed E-state index contributed by atoms with van der Waals surface area (Å²) in [7, 11) is 1.93. The second-order valence-corrected chi connectivity index (χ2v) is 4.04. The third-order valence-corrected chi connectivity index (χ3v) is 2.79. The topological polar surface area (TPSA) is 55.9 Å². The van der Waals surface area contributed by atoms with Crippen molar-refractivity contribution in [3.8, 4) is 0 Å². The van der Waals surface area contributed by atoms with Crippen LogP contribution in [0.2, 0.25) is 0 Å². The summed E-state index contributed by atoms with van der Waals surface area (Å²) in [4.78, 5) is 0. The average molecular weight is 230 g/mol. The lowest BCUT2D eigenvalue weighted by molar-refractivity contribution is 0.579. The molecule has 0 amide bonds. The molecule has 0 spiro atoms. The quantitative estimate of drug-likeness (QED) is 0.774. The molecule has 0 radical (unpaired) electrons. The van der Waals surface area contributed by atoms with Crippen LogP contribution in [-0.2, 0) is 13.0 Å². The zero-order chi connectivity index (χ0) is 12.1. The van der Waals surface area contributed by atoms with Crippen LogP contribution < -0.4 is 11.1 Å². The van der Waals surface area contributed by atoms with Crippen molar-refractivity contribution in [1.82, 2.24) is 9.78 Å². The maximum absolute atomic E-state index is 5.80. The second-order valence-electron chi connectivity index (χ2n) is 4.04. The van der Waals surface area contributed by atoms with E-state index >= 15 is 0 Å². The number of nitrogens with zero attached hydrogens (tertiary/aromatic N) is 2. The lowest BCUT2D eigenvalue weighted by atomic mass is 10.1. The standard InChI is InChI=1S/C13H18N4/c1-15-13-6-5-12(14)10-11(13)4-2-8-17-9-3-7-16-17/h3,5-7,9-10,15H,2,4,8,14H2,1H3. The summed E-state index contributed by atoms with van der Waals surface area (Å²) in [5.74, 6) is 0. The first-order chi connectivity index (χ1) is 8.29. The lowest BCUT2D eigenvalue weighted by Crippen LogP contribution is -2.02. The smallest absolute Gasteiger partial charge is 0.0489 e. The van der Waals surface area contributed by atoms with Crippen molar-refractivity contribution in [2.45, 2.75) is 19.4 Å². The first kappa shape index (κ1) is 11.5. The van der Waals surface area contributed by atoms with Gasteiger partial charge in [0, 0.05) is 37.4 Å². The van der Waals surface area contributed by atoms with E-state index in [1.165, 1.54) is 5.56 Å². The molecule has 0 aliphatic rings. The van der Waals surface area contributed by atoms with Crippen LogP contribution in [0.3, 0.4) is 0 Å². The summed E-state index contributed by atoms with van der Waals surface area (Å²) in [6, 6.07) is 7.93. The van der Waals surface area contributed by atoms with Gasteiger partial charge in [-0.15, -0.1) is 0 Å². The van der Waals surface area contributed by atoms with Crippen molar-refractivity contribution in [2.24, 2.45) is 0 Å². The molecule has 0 bridgehead atoms. The summed E-state index contributed by atoms with van der Waals surface area (Å²) in [6.07, 6.45) is 5.85. The van der Waals surface area contributed by atoms with Gasteiger partial charge in [-0.25, -0.2) is 0 Å². The van der Waals surface area contributed by atoms with Crippen LogP contribution in [-0.4, -0.2) is 16.8 Å². The highest BCUT2D eigenvalue weighted by Gasteiger charge is 2.01. The first-order valence-electron chi connectivity index (χ1n) is 5.83. The third-order valence-electron chi connectivity index (χ3n) is 2.79. The van der Waals surface area contributed by atoms with Gasteiger partial charge in [-0.05, 0) is 42.7 Å². The molecule has 0 saturated heterocycles. The first-order valence-corrected chi connectivity index (χ1v) is 5.83. The van der Waals surface area contributed by atoms with Gasteiger partial charge in [0.25, 0.3) is 0 Å². The number of hydrogen-bond donors (Lipinski definition) is 2. The van der Waals surface area contributed by atoms with Gasteiger partial charge in [-0.3, -0.25) is 4.68 Å². The summed E-state index contributed by atoms with van der Waals surface area (Å²) in [5.41, 5.74) is 9.04. The number of aromatic nitrogens is 2. The van der Waals surface area contributed by atoms with E-state index in [1.54, 1.807) is 6.20 Å². The number of aryl methyl sites for hydroxylation is 2. The molecule has 0 unspecified atom stereocenters. The van der Waals surface area contributed by atoms with Gasteiger partial charge in [-0.2, -0.15) is 5.10 Å². The molecular weight excluding hydrogens is 212 g/mol. The van der Waals surface area contributed by atoms with E-state index in [1.807, 2.05) is 42.2 Å². The molecule has 3 N–H and O–H groups in total. The molecule has 90 valence electrons. The highest BCUT2D eigenvalue weighted by atomic mass is 15.3. The maximum atomic E-state index is 5.80. The van der Waals surface area contributed by atoms with Gasteiger partial charge in [0.1, 0.15) is 0 Å². The Hall–Kier alpha value is -1.97. The van der Waals surface area contributed by atoms with E-state index < -0.39 is 0 Å². The van der Waals surface area contributed by atoms with E-state index in [0.29, 0.717) is 0 Å². The predicted octanol–water partition coefficient (Wildman–Crippen LogP) is 2.14. The Morgan fingerprint density at radius 3 is 3.00 bits per heavy atom. The van der Waals surface area contributed by atoms with Gasteiger partial charge < -0.3 is 11.1 Å². The number of nitrogens with two attached hydrogens (primary N) is 1. The molecular formula is C13H18N4. The van der Waals surface area contributed by atoms with E-state index in [4.69, 9.17) is 5.73 Å². The number of anilines is 2. The molecule has 0 aliphatic heterocycles. The van der Waals surface area contributed by atoms with E-state index in [2.05, 4.69) is 10.4 Å². The second kappa shape index (κ2) is 5.39. The molecule has 4 heteroatoms. The Morgan fingerprint density at radius 1 is 1.41 bits per heavy atom. The van der Waals surface area contributed by atoms with Crippen LogP contribution in [0.25, 0.3) is 0 Å². The van der Waals surface area contributed by atoms with Crippen LogP contribution in [0, 0.1) is 0 Å². The van der Waals surface area contributed by atoms with Gasteiger partial charge in [0.05, 0.1) is 0 Å². The van der Waals surface area contributed by atoms with E-state index in [9.17, 15) is 0 Å². The van der Waals surface area contributed by atoms with Gasteiger partial charge in [0.2, 0.25) is 0 Å². The van der Waals surface area contributed by atoms with Crippen LogP contribution in [0.4, 0.5) is 11.4 Å². The number of benzene rings is 1. The summed E-state index contributed by atoms with van der Waals surface area (Å²) in [5, 5.41) is 7.37. The maximum Gasteiger partial charge on any atom is 0.0489 e. The molecule has 2 aromatic rings. The minimum Gasteiger partial charge on any atom is -0.399 e. The van der Waals surface area contributed by atoms with Gasteiger partial charge >= 0.3 is 0 Å². The molecule has 2 rings (SSSR count). The monoisotopic (exact) mass is 230 g/mol. The molecule has 0 saturated carbocycles. The molecule has 1 heterocycles. The number of hydrogen-bond acceptors (Lipinski definition) is 3. The summed E-state index contributed by atoms with van der Waals surface area (Å²) >= 11 is 0. The molecule has 17 heavy (non-hydrogen) atoms. The Kier molecular flexibility index (Phi) is 3.65. The van der Waals surface area contributed by atoms with Crippen molar-refractivity contribution in [2.75, 3.05) is 18.1 Å². The number of nitrogen functional groups attached to an aromatic ring is 1. The average Bonchev–Trinajstić information content (AvgIpc) is 2.82. The SMILES string of the molecule is CNc1ccc(N)cc1CCCn1cccn1. The zero-order valence-electron chi connectivity index (χ0n) is 10.1. The molecule has 1 aromatic heterocycles. The van der Waals surface area contributed by atoms with Crippen molar-refractivity contribution >= 4 is 11.4 Å². The van der Waals surface area contributed by atoms with Gasteiger partial charge in [0.15, 0.2) is 0 Å². The molecule has 1 aromatic carbocycles. The number of nitrogens with one attached hydrogen (secondary N) is 1. The fraction of sp³-hybridized carbons (Fsp3) is 0.308. The molecule has 0 aliphatic carbocycles. The Morgan fingerprint density at radius 2 is 2.29 bits per heavy atom.